The van der Waals surface area contributed by atoms with Gasteiger partial charge >= 0.3 is 0 Å². The lowest BCUT2D eigenvalue weighted by molar-refractivity contribution is -0.119. The monoisotopic (exact) mass is 264 g/mol. The van der Waals surface area contributed by atoms with Gasteiger partial charge in [0.05, 0.1) is 0 Å². The molecule has 19 heavy (non-hydrogen) atoms. The summed E-state index contributed by atoms with van der Waals surface area (Å²) in [6.07, 6.45) is 11.7. The Morgan fingerprint density at radius 2 is 1.05 bits per heavy atom. The Balaban J connectivity index is 1.90. The highest BCUT2D eigenvalue weighted by molar-refractivity contribution is 4.88. The molecule has 0 saturated carbocycles. The summed E-state index contributed by atoms with van der Waals surface area (Å²) in [6.45, 7) is 12.4. The zero-order chi connectivity index (χ0) is 13.5. The van der Waals surface area contributed by atoms with Crippen molar-refractivity contribution in [3.63, 3.8) is 0 Å². The Labute approximate surface area is 117 Å². The average molecular weight is 264 g/mol. The highest BCUT2D eigenvalue weighted by atomic mass is 16.5. The van der Waals surface area contributed by atoms with Crippen molar-refractivity contribution in [2.24, 2.45) is 0 Å². The number of piperidine rings is 2. The second-order valence-electron chi connectivity index (χ2n) is 5.58. The van der Waals surface area contributed by atoms with Crippen molar-refractivity contribution in [3.05, 3.63) is 25.3 Å². The molecule has 108 valence electrons. The molecule has 0 bridgehead atoms. The number of ether oxygens (including phenoxy) is 1. The second kappa shape index (κ2) is 7.83. The highest BCUT2D eigenvalue weighted by Crippen LogP contribution is 2.19. The molecule has 2 rings (SSSR count). The minimum Gasteiger partial charge on any atom is -0.338 e. The zero-order valence-corrected chi connectivity index (χ0v) is 12.1. The number of likely N-dealkylation sites (tertiary alicyclic amines) is 2. The van der Waals surface area contributed by atoms with Gasteiger partial charge in [-0.05, 0) is 37.8 Å². The largest absolute Gasteiger partial charge is 0.338 e. The molecule has 0 aliphatic carbocycles. The van der Waals surface area contributed by atoms with Crippen LogP contribution in [-0.4, -0.2) is 48.4 Å². The average Bonchev–Trinajstić information content (AvgIpc) is 2.50. The van der Waals surface area contributed by atoms with Crippen molar-refractivity contribution in [2.75, 3.05) is 26.2 Å². The third kappa shape index (κ3) is 4.16. The van der Waals surface area contributed by atoms with E-state index in [1.807, 2.05) is 12.2 Å². The molecule has 0 aromatic carbocycles. The molecule has 0 spiro atoms. The van der Waals surface area contributed by atoms with E-state index in [0.717, 1.165) is 26.2 Å². The van der Waals surface area contributed by atoms with E-state index in [1.165, 1.54) is 38.5 Å². The third-order valence-corrected chi connectivity index (χ3v) is 4.18. The molecule has 0 amide bonds. The molecule has 0 aromatic rings. The Kier molecular flexibility index (Phi) is 6.08. The molecule has 2 heterocycles. The van der Waals surface area contributed by atoms with Crippen molar-refractivity contribution >= 4 is 0 Å². The molecule has 2 unspecified atom stereocenters. The van der Waals surface area contributed by atoms with E-state index in [9.17, 15) is 0 Å². The molecule has 2 atom stereocenters. The van der Waals surface area contributed by atoms with E-state index in [-0.39, 0.29) is 12.5 Å². The van der Waals surface area contributed by atoms with E-state index >= 15 is 0 Å². The first-order valence-electron chi connectivity index (χ1n) is 7.74. The lowest BCUT2D eigenvalue weighted by Crippen LogP contribution is -2.46. The summed E-state index contributed by atoms with van der Waals surface area (Å²) in [4.78, 5) is 4.80. The Morgan fingerprint density at radius 1 is 0.684 bits per heavy atom. The number of hydrogen-bond donors (Lipinski definition) is 0. The van der Waals surface area contributed by atoms with Gasteiger partial charge < -0.3 is 4.74 Å². The minimum atomic E-state index is 0.0326. The number of nitrogens with zero attached hydrogens (tertiary/aromatic N) is 2. The predicted octanol–water partition coefficient (Wildman–Crippen LogP) is 3.00. The molecule has 2 saturated heterocycles. The highest BCUT2D eigenvalue weighted by Gasteiger charge is 2.25. The lowest BCUT2D eigenvalue weighted by atomic mass is 10.1. The summed E-state index contributed by atoms with van der Waals surface area (Å²) in [5, 5.41) is 0. The van der Waals surface area contributed by atoms with Crippen LogP contribution in [0, 0.1) is 0 Å². The van der Waals surface area contributed by atoms with Crippen molar-refractivity contribution in [3.8, 4) is 0 Å². The summed E-state index contributed by atoms with van der Waals surface area (Å²) in [5.74, 6) is 0. The minimum absolute atomic E-state index is 0.0326. The van der Waals surface area contributed by atoms with Crippen molar-refractivity contribution in [1.82, 2.24) is 9.80 Å². The first kappa shape index (κ1) is 14.8. The molecule has 0 aromatic heterocycles. The third-order valence-electron chi connectivity index (χ3n) is 4.18. The summed E-state index contributed by atoms with van der Waals surface area (Å²) in [7, 11) is 0. The van der Waals surface area contributed by atoms with Crippen LogP contribution in [0.1, 0.15) is 38.5 Å². The van der Waals surface area contributed by atoms with E-state index in [2.05, 4.69) is 23.0 Å². The van der Waals surface area contributed by atoms with Crippen LogP contribution >= 0.6 is 0 Å². The maximum Gasteiger partial charge on any atom is 0.131 e. The van der Waals surface area contributed by atoms with Crippen LogP contribution < -0.4 is 0 Å². The molecular weight excluding hydrogens is 236 g/mol. The van der Waals surface area contributed by atoms with Gasteiger partial charge in [0, 0.05) is 26.2 Å². The van der Waals surface area contributed by atoms with Crippen LogP contribution in [0.4, 0.5) is 0 Å². The van der Waals surface area contributed by atoms with Gasteiger partial charge in [0.1, 0.15) is 12.5 Å². The maximum atomic E-state index is 6.24. The molecule has 2 aliphatic heterocycles. The van der Waals surface area contributed by atoms with Crippen LogP contribution in [0.2, 0.25) is 0 Å². The van der Waals surface area contributed by atoms with E-state index < -0.39 is 0 Å². The summed E-state index contributed by atoms with van der Waals surface area (Å²) in [6, 6.07) is 0. The fourth-order valence-corrected chi connectivity index (χ4v) is 3.07. The quantitative estimate of drug-likeness (QED) is 0.686. The lowest BCUT2D eigenvalue weighted by Gasteiger charge is -2.38. The smallest absolute Gasteiger partial charge is 0.131 e. The SMILES string of the molecule is C=CC(OC(C=C)N1CCCCC1)N1CCCCC1. The normalized spacial score (nSPS) is 25.7. The second-order valence-corrected chi connectivity index (χ2v) is 5.58. The number of hydrogen-bond acceptors (Lipinski definition) is 3. The van der Waals surface area contributed by atoms with Crippen molar-refractivity contribution < 1.29 is 4.74 Å². The van der Waals surface area contributed by atoms with Gasteiger partial charge in [-0.2, -0.15) is 0 Å². The molecule has 3 nitrogen and oxygen atoms in total. The van der Waals surface area contributed by atoms with Gasteiger partial charge in [-0.3, -0.25) is 9.80 Å². The van der Waals surface area contributed by atoms with Crippen LogP contribution in [0.15, 0.2) is 25.3 Å². The molecule has 2 aliphatic rings. The van der Waals surface area contributed by atoms with Crippen molar-refractivity contribution in [1.29, 1.82) is 0 Å². The van der Waals surface area contributed by atoms with Gasteiger partial charge in [-0.1, -0.05) is 26.0 Å². The van der Waals surface area contributed by atoms with Gasteiger partial charge in [-0.15, -0.1) is 0 Å². The van der Waals surface area contributed by atoms with Crippen molar-refractivity contribution in [2.45, 2.75) is 51.0 Å². The molecule has 0 radical (unpaired) electrons. The van der Waals surface area contributed by atoms with Crippen LogP contribution in [0.5, 0.6) is 0 Å². The Hall–Kier alpha value is -0.640. The summed E-state index contributed by atoms with van der Waals surface area (Å²) < 4.78 is 6.24. The fraction of sp³-hybridized carbons (Fsp3) is 0.750. The van der Waals surface area contributed by atoms with Crippen LogP contribution in [-0.2, 0) is 4.74 Å². The van der Waals surface area contributed by atoms with Crippen LogP contribution in [0.25, 0.3) is 0 Å². The zero-order valence-electron chi connectivity index (χ0n) is 12.1. The topological polar surface area (TPSA) is 15.7 Å². The maximum absolute atomic E-state index is 6.24. The molecule has 3 heteroatoms. The molecule has 2 fully saturated rings. The summed E-state index contributed by atoms with van der Waals surface area (Å²) >= 11 is 0. The Morgan fingerprint density at radius 3 is 1.37 bits per heavy atom. The van der Waals surface area contributed by atoms with E-state index in [4.69, 9.17) is 4.74 Å². The first-order chi connectivity index (χ1) is 9.35. The van der Waals surface area contributed by atoms with Gasteiger partial charge in [0.25, 0.3) is 0 Å². The van der Waals surface area contributed by atoms with Gasteiger partial charge in [-0.25, -0.2) is 0 Å². The molecule has 0 N–H and O–H groups in total. The number of rotatable bonds is 6. The van der Waals surface area contributed by atoms with E-state index in [0.29, 0.717) is 0 Å². The molecular formula is C16H28N2O. The summed E-state index contributed by atoms with van der Waals surface area (Å²) in [5.41, 5.74) is 0. The fourth-order valence-electron chi connectivity index (χ4n) is 3.07. The van der Waals surface area contributed by atoms with E-state index in [1.54, 1.807) is 0 Å². The standard InChI is InChI=1S/C16H28N2O/c1-3-15(17-11-7-5-8-12-17)19-16(4-2)18-13-9-6-10-14-18/h3-4,15-16H,1-2,5-14H2. The first-order valence-corrected chi connectivity index (χ1v) is 7.74. The predicted molar refractivity (Wildman–Crippen MR) is 79.9 cm³/mol. The van der Waals surface area contributed by atoms with Gasteiger partial charge in [0.15, 0.2) is 0 Å². The van der Waals surface area contributed by atoms with Gasteiger partial charge in [0.2, 0.25) is 0 Å². The Bertz CT molecular complexity index is 252. The van der Waals surface area contributed by atoms with Crippen LogP contribution in [0.3, 0.4) is 0 Å².